The maximum Gasteiger partial charge on any atom is 0.238 e. The maximum atomic E-state index is 11.1. The lowest BCUT2D eigenvalue weighted by Crippen LogP contribution is -2.14. The van der Waals surface area contributed by atoms with Gasteiger partial charge in [0, 0.05) is 13.1 Å². The number of nitrogens with one attached hydrogen (secondary N) is 1. The Morgan fingerprint density at radius 1 is 0.952 bits per heavy atom. The van der Waals surface area contributed by atoms with Gasteiger partial charge in [0.2, 0.25) is 10.0 Å². The van der Waals surface area contributed by atoms with Crippen molar-refractivity contribution in [1.29, 1.82) is 0 Å². The zero-order valence-corrected chi connectivity index (χ0v) is 12.6. The van der Waals surface area contributed by atoms with Gasteiger partial charge < -0.3 is 10.1 Å². The molecule has 0 bridgehead atoms. The van der Waals surface area contributed by atoms with Crippen molar-refractivity contribution in [1.82, 2.24) is 5.32 Å². The number of primary sulfonamides is 1. The Balaban J connectivity index is 1.88. The third kappa shape index (κ3) is 4.56. The first-order valence-corrected chi connectivity index (χ1v) is 7.99. The number of nitrogens with two attached hydrogens (primary N) is 1. The third-order valence-electron chi connectivity index (χ3n) is 3.07. The zero-order chi connectivity index (χ0) is 15.3. The van der Waals surface area contributed by atoms with Crippen LogP contribution >= 0.6 is 0 Å². The highest BCUT2D eigenvalue weighted by Gasteiger charge is 2.06. The Morgan fingerprint density at radius 3 is 1.86 bits per heavy atom. The molecule has 0 amide bonds. The summed E-state index contributed by atoms with van der Waals surface area (Å²) in [6.45, 7) is 1.37. The largest absolute Gasteiger partial charge is 0.497 e. The molecule has 0 saturated carbocycles. The van der Waals surface area contributed by atoms with Crippen LogP contribution in [-0.2, 0) is 23.1 Å². The van der Waals surface area contributed by atoms with E-state index >= 15 is 0 Å². The number of sulfonamides is 1. The van der Waals surface area contributed by atoms with Crippen LogP contribution in [0.4, 0.5) is 0 Å². The van der Waals surface area contributed by atoms with E-state index in [1.807, 2.05) is 24.3 Å². The van der Waals surface area contributed by atoms with Crippen molar-refractivity contribution in [3.8, 4) is 5.75 Å². The zero-order valence-electron chi connectivity index (χ0n) is 11.7. The van der Waals surface area contributed by atoms with Gasteiger partial charge in [-0.05, 0) is 35.4 Å². The lowest BCUT2D eigenvalue weighted by molar-refractivity contribution is 0.414. The predicted octanol–water partition coefficient (Wildman–Crippen LogP) is 1.63. The molecule has 6 heteroatoms. The predicted molar refractivity (Wildman–Crippen MR) is 81.4 cm³/mol. The van der Waals surface area contributed by atoms with Gasteiger partial charge in [-0.15, -0.1) is 0 Å². The summed E-state index contributed by atoms with van der Waals surface area (Å²) in [7, 11) is -1.98. The summed E-state index contributed by atoms with van der Waals surface area (Å²) in [5.74, 6) is 0.831. The van der Waals surface area contributed by atoms with Crippen LogP contribution in [-0.4, -0.2) is 15.5 Å². The fourth-order valence-corrected chi connectivity index (χ4v) is 2.41. The summed E-state index contributed by atoms with van der Waals surface area (Å²) >= 11 is 0. The molecule has 5 nitrogen and oxygen atoms in total. The molecule has 0 fully saturated rings. The Morgan fingerprint density at radius 2 is 1.43 bits per heavy atom. The lowest BCUT2D eigenvalue weighted by atomic mass is 10.2. The third-order valence-corrected chi connectivity index (χ3v) is 4.00. The van der Waals surface area contributed by atoms with E-state index in [2.05, 4.69) is 5.32 Å². The van der Waals surface area contributed by atoms with Gasteiger partial charge in [-0.1, -0.05) is 24.3 Å². The van der Waals surface area contributed by atoms with Crippen molar-refractivity contribution in [2.45, 2.75) is 18.0 Å². The molecular weight excluding hydrogens is 288 g/mol. The van der Waals surface area contributed by atoms with Crippen LogP contribution in [0.1, 0.15) is 11.1 Å². The summed E-state index contributed by atoms with van der Waals surface area (Å²) in [5, 5.41) is 8.35. The summed E-state index contributed by atoms with van der Waals surface area (Å²) in [6, 6.07) is 14.3. The monoisotopic (exact) mass is 306 g/mol. The van der Waals surface area contributed by atoms with E-state index in [0.717, 1.165) is 23.4 Å². The standard InChI is InChI=1S/C15H18N2O3S/c1-20-14-6-2-12(3-7-14)10-17-11-13-4-8-15(9-5-13)21(16,18)19/h2-9,17H,10-11H2,1H3,(H2,16,18,19). The molecule has 0 radical (unpaired) electrons. The highest BCUT2D eigenvalue weighted by atomic mass is 32.2. The molecule has 0 unspecified atom stereocenters. The first kappa shape index (κ1) is 15.5. The van der Waals surface area contributed by atoms with E-state index in [4.69, 9.17) is 9.88 Å². The average Bonchev–Trinajstić information content (AvgIpc) is 2.47. The highest BCUT2D eigenvalue weighted by molar-refractivity contribution is 7.89. The number of hydrogen-bond donors (Lipinski definition) is 2. The first-order valence-electron chi connectivity index (χ1n) is 6.44. The Bertz CT molecular complexity index is 680. The molecule has 0 saturated heterocycles. The van der Waals surface area contributed by atoms with Gasteiger partial charge in [0.1, 0.15) is 5.75 Å². The number of ether oxygens (including phenoxy) is 1. The molecular formula is C15H18N2O3S. The van der Waals surface area contributed by atoms with E-state index in [-0.39, 0.29) is 4.90 Å². The van der Waals surface area contributed by atoms with E-state index in [1.165, 1.54) is 12.1 Å². The van der Waals surface area contributed by atoms with Crippen molar-refractivity contribution in [3.63, 3.8) is 0 Å². The van der Waals surface area contributed by atoms with Crippen LogP contribution < -0.4 is 15.2 Å². The SMILES string of the molecule is COc1ccc(CNCc2ccc(S(N)(=O)=O)cc2)cc1. The van der Waals surface area contributed by atoms with Gasteiger partial charge in [-0.2, -0.15) is 0 Å². The van der Waals surface area contributed by atoms with Gasteiger partial charge in [0.15, 0.2) is 0 Å². The van der Waals surface area contributed by atoms with Crippen LogP contribution in [0.15, 0.2) is 53.4 Å². The number of hydrogen-bond acceptors (Lipinski definition) is 4. The van der Waals surface area contributed by atoms with E-state index < -0.39 is 10.0 Å². The summed E-state index contributed by atoms with van der Waals surface area (Å²) < 4.78 is 27.4. The topological polar surface area (TPSA) is 81.4 Å². The Hall–Kier alpha value is -1.89. The smallest absolute Gasteiger partial charge is 0.238 e. The van der Waals surface area contributed by atoms with E-state index in [9.17, 15) is 8.42 Å². The minimum absolute atomic E-state index is 0.126. The Labute approximate surface area is 124 Å². The molecule has 112 valence electrons. The molecule has 0 aromatic heterocycles. The fourth-order valence-electron chi connectivity index (χ4n) is 1.89. The molecule has 2 aromatic carbocycles. The van der Waals surface area contributed by atoms with Crippen molar-refractivity contribution >= 4 is 10.0 Å². The first-order chi connectivity index (χ1) is 9.99. The van der Waals surface area contributed by atoms with E-state index in [1.54, 1.807) is 19.2 Å². The normalized spacial score (nSPS) is 11.3. The molecule has 0 aliphatic rings. The Kier molecular flexibility index (Phi) is 4.95. The minimum atomic E-state index is -3.62. The van der Waals surface area contributed by atoms with Crippen LogP contribution in [0.3, 0.4) is 0 Å². The van der Waals surface area contributed by atoms with Crippen molar-refractivity contribution < 1.29 is 13.2 Å². The van der Waals surface area contributed by atoms with Crippen LogP contribution in [0.2, 0.25) is 0 Å². The quantitative estimate of drug-likeness (QED) is 0.850. The molecule has 3 N–H and O–H groups in total. The molecule has 21 heavy (non-hydrogen) atoms. The number of benzene rings is 2. The molecule has 0 atom stereocenters. The van der Waals surface area contributed by atoms with Gasteiger partial charge in [0.25, 0.3) is 0 Å². The maximum absolute atomic E-state index is 11.1. The highest BCUT2D eigenvalue weighted by Crippen LogP contribution is 2.12. The van der Waals surface area contributed by atoms with Crippen molar-refractivity contribution in [2.75, 3.05) is 7.11 Å². The van der Waals surface area contributed by atoms with Crippen LogP contribution in [0.25, 0.3) is 0 Å². The molecule has 0 heterocycles. The molecule has 0 aliphatic heterocycles. The van der Waals surface area contributed by atoms with Crippen molar-refractivity contribution in [2.24, 2.45) is 5.14 Å². The second-order valence-corrected chi connectivity index (χ2v) is 6.20. The van der Waals surface area contributed by atoms with Gasteiger partial charge in [-0.25, -0.2) is 13.6 Å². The second-order valence-electron chi connectivity index (χ2n) is 4.64. The molecule has 2 rings (SSSR count). The number of methoxy groups -OCH3 is 1. The lowest BCUT2D eigenvalue weighted by Gasteiger charge is -2.07. The fraction of sp³-hybridized carbons (Fsp3) is 0.200. The van der Waals surface area contributed by atoms with Crippen LogP contribution in [0.5, 0.6) is 5.75 Å². The molecule has 0 spiro atoms. The summed E-state index contributed by atoms with van der Waals surface area (Å²) in [6.07, 6.45) is 0. The molecule has 0 aliphatic carbocycles. The minimum Gasteiger partial charge on any atom is -0.497 e. The van der Waals surface area contributed by atoms with E-state index in [0.29, 0.717) is 6.54 Å². The van der Waals surface area contributed by atoms with Gasteiger partial charge in [0.05, 0.1) is 12.0 Å². The second kappa shape index (κ2) is 6.71. The number of rotatable bonds is 6. The van der Waals surface area contributed by atoms with Gasteiger partial charge >= 0.3 is 0 Å². The summed E-state index contributed by atoms with van der Waals surface area (Å²) in [4.78, 5) is 0.126. The molecule has 2 aromatic rings. The summed E-state index contributed by atoms with van der Waals surface area (Å²) in [5.41, 5.74) is 2.15. The van der Waals surface area contributed by atoms with Crippen molar-refractivity contribution in [3.05, 3.63) is 59.7 Å². The average molecular weight is 306 g/mol. The van der Waals surface area contributed by atoms with Crippen LogP contribution in [0, 0.1) is 0 Å². The van der Waals surface area contributed by atoms with Gasteiger partial charge in [-0.3, -0.25) is 0 Å².